The zero-order valence-electron chi connectivity index (χ0n) is 12.9. The number of nitrogens with one attached hydrogen (secondary N) is 2. The van der Waals surface area contributed by atoms with Crippen LogP contribution in [0.4, 0.5) is 5.69 Å². The molecule has 1 aromatic rings. The maximum absolute atomic E-state index is 12.1. The summed E-state index contributed by atoms with van der Waals surface area (Å²) in [5, 5.41) is 16.0. The summed E-state index contributed by atoms with van der Waals surface area (Å²) in [5.41, 5.74) is 1.96. The number of aliphatic hydroxyl groups is 1. The van der Waals surface area contributed by atoms with E-state index in [9.17, 15) is 9.90 Å². The minimum atomic E-state index is -0.136. The molecular formula is C17H26N2O2. The molecule has 116 valence electrons. The molecular weight excluding hydrogens is 264 g/mol. The van der Waals surface area contributed by atoms with Crippen LogP contribution in [0.3, 0.4) is 0 Å². The first-order valence-corrected chi connectivity index (χ1v) is 7.84. The predicted molar refractivity (Wildman–Crippen MR) is 85.3 cm³/mol. The van der Waals surface area contributed by atoms with Crippen LogP contribution >= 0.6 is 0 Å². The first-order chi connectivity index (χ1) is 10.0. The van der Waals surface area contributed by atoms with Crippen LogP contribution in [0.5, 0.6) is 0 Å². The molecule has 3 N–H and O–H groups in total. The number of carbonyl (C=O) groups excluding carboxylic acids is 1. The van der Waals surface area contributed by atoms with Crippen LogP contribution in [0.25, 0.3) is 0 Å². The fourth-order valence-electron chi connectivity index (χ4n) is 2.90. The zero-order valence-corrected chi connectivity index (χ0v) is 12.9. The summed E-state index contributed by atoms with van der Waals surface area (Å²) >= 11 is 0. The minimum absolute atomic E-state index is 0.0418. The van der Waals surface area contributed by atoms with Crippen LogP contribution in [0.2, 0.25) is 0 Å². The van der Waals surface area contributed by atoms with E-state index < -0.39 is 0 Å². The Labute approximate surface area is 126 Å². The largest absolute Gasteiger partial charge is 0.393 e. The van der Waals surface area contributed by atoms with Crippen LogP contribution in [-0.2, 0) is 4.79 Å². The van der Waals surface area contributed by atoms with Crippen molar-refractivity contribution in [2.45, 2.75) is 64.1 Å². The first kappa shape index (κ1) is 16.0. The van der Waals surface area contributed by atoms with Gasteiger partial charge in [-0.25, -0.2) is 0 Å². The van der Waals surface area contributed by atoms with Crippen molar-refractivity contribution in [2.75, 3.05) is 5.32 Å². The van der Waals surface area contributed by atoms with Gasteiger partial charge < -0.3 is 15.7 Å². The standard InChI is InChI=1S/C17H26N2O2/c1-12-5-3-4-6-16(12)19-17(21)11-13(2)18-14-7-9-15(20)10-8-14/h3-6,13-15,18,20H,7-11H2,1-2H3,(H,19,21). The van der Waals surface area contributed by atoms with Crippen molar-refractivity contribution in [1.29, 1.82) is 0 Å². The highest BCUT2D eigenvalue weighted by molar-refractivity contribution is 5.91. The van der Waals surface area contributed by atoms with Gasteiger partial charge in [0.2, 0.25) is 5.91 Å². The Hall–Kier alpha value is -1.39. The van der Waals surface area contributed by atoms with E-state index in [1.807, 2.05) is 38.1 Å². The first-order valence-electron chi connectivity index (χ1n) is 7.84. The molecule has 1 fully saturated rings. The summed E-state index contributed by atoms with van der Waals surface area (Å²) in [6.45, 7) is 4.03. The topological polar surface area (TPSA) is 61.4 Å². The molecule has 0 aliphatic heterocycles. The number of rotatable bonds is 5. The second-order valence-corrected chi connectivity index (χ2v) is 6.14. The molecule has 4 nitrogen and oxygen atoms in total. The average molecular weight is 290 g/mol. The van der Waals surface area contributed by atoms with E-state index in [4.69, 9.17) is 0 Å². The maximum atomic E-state index is 12.1. The Bertz CT molecular complexity index is 468. The van der Waals surface area contributed by atoms with Gasteiger partial charge in [-0.05, 0) is 51.2 Å². The Kier molecular flexibility index (Phi) is 5.76. The van der Waals surface area contributed by atoms with Crippen LogP contribution in [0.15, 0.2) is 24.3 Å². The Balaban J connectivity index is 1.76. The molecule has 1 amide bonds. The number of aliphatic hydroxyl groups excluding tert-OH is 1. The van der Waals surface area contributed by atoms with Crippen LogP contribution in [0.1, 0.15) is 44.6 Å². The SMILES string of the molecule is Cc1ccccc1NC(=O)CC(C)NC1CCC(O)CC1. The number of anilines is 1. The van der Waals surface area contributed by atoms with Crippen LogP contribution in [-0.4, -0.2) is 29.2 Å². The van der Waals surface area contributed by atoms with E-state index in [-0.39, 0.29) is 18.1 Å². The molecule has 0 radical (unpaired) electrons. The minimum Gasteiger partial charge on any atom is -0.393 e. The van der Waals surface area contributed by atoms with E-state index in [0.717, 1.165) is 36.9 Å². The highest BCUT2D eigenvalue weighted by Gasteiger charge is 2.21. The molecule has 1 aliphatic carbocycles. The molecule has 21 heavy (non-hydrogen) atoms. The van der Waals surface area contributed by atoms with Crippen molar-refractivity contribution >= 4 is 11.6 Å². The van der Waals surface area contributed by atoms with Crippen molar-refractivity contribution < 1.29 is 9.90 Å². The Morgan fingerprint density at radius 2 is 1.95 bits per heavy atom. The van der Waals surface area contributed by atoms with Gasteiger partial charge in [-0.3, -0.25) is 4.79 Å². The molecule has 1 aromatic carbocycles. The lowest BCUT2D eigenvalue weighted by Crippen LogP contribution is -2.41. The predicted octanol–water partition coefficient (Wildman–Crippen LogP) is 2.61. The van der Waals surface area contributed by atoms with Gasteiger partial charge in [0.15, 0.2) is 0 Å². The summed E-state index contributed by atoms with van der Waals surface area (Å²) in [6.07, 6.45) is 4.03. The third-order valence-electron chi connectivity index (χ3n) is 4.13. The van der Waals surface area contributed by atoms with Crippen LogP contribution < -0.4 is 10.6 Å². The number of carbonyl (C=O) groups is 1. The molecule has 2 rings (SSSR count). The molecule has 1 atom stereocenters. The third kappa shape index (κ3) is 5.14. The van der Waals surface area contributed by atoms with Gasteiger partial charge in [0.25, 0.3) is 0 Å². The number of hydrogen-bond donors (Lipinski definition) is 3. The molecule has 1 unspecified atom stereocenters. The van der Waals surface area contributed by atoms with E-state index in [0.29, 0.717) is 12.5 Å². The van der Waals surface area contributed by atoms with Crippen molar-refractivity contribution in [3.05, 3.63) is 29.8 Å². The van der Waals surface area contributed by atoms with Crippen LogP contribution in [0, 0.1) is 6.92 Å². The number of aryl methyl sites for hydroxylation is 1. The molecule has 0 aromatic heterocycles. The maximum Gasteiger partial charge on any atom is 0.225 e. The molecule has 4 heteroatoms. The second kappa shape index (κ2) is 7.57. The molecule has 0 bridgehead atoms. The van der Waals surface area contributed by atoms with E-state index in [1.165, 1.54) is 0 Å². The zero-order chi connectivity index (χ0) is 15.2. The van der Waals surface area contributed by atoms with E-state index >= 15 is 0 Å². The van der Waals surface area contributed by atoms with Gasteiger partial charge in [-0.15, -0.1) is 0 Å². The van der Waals surface area contributed by atoms with Gasteiger partial charge in [0.05, 0.1) is 6.10 Å². The molecule has 0 heterocycles. The number of amides is 1. The smallest absolute Gasteiger partial charge is 0.225 e. The van der Waals surface area contributed by atoms with Crippen molar-refractivity contribution in [3.63, 3.8) is 0 Å². The number of hydrogen-bond acceptors (Lipinski definition) is 3. The lowest BCUT2D eigenvalue weighted by molar-refractivity contribution is -0.116. The summed E-state index contributed by atoms with van der Waals surface area (Å²) in [5.74, 6) is 0.0418. The van der Waals surface area contributed by atoms with Crippen molar-refractivity contribution in [1.82, 2.24) is 5.32 Å². The van der Waals surface area contributed by atoms with Crippen molar-refractivity contribution in [2.24, 2.45) is 0 Å². The fourth-order valence-corrected chi connectivity index (χ4v) is 2.90. The Morgan fingerprint density at radius 3 is 2.62 bits per heavy atom. The quantitative estimate of drug-likeness (QED) is 0.781. The van der Waals surface area contributed by atoms with Gasteiger partial charge in [0, 0.05) is 24.2 Å². The monoisotopic (exact) mass is 290 g/mol. The molecule has 0 saturated heterocycles. The summed E-state index contributed by atoms with van der Waals surface area (Å²) < 4.78 is 0. The summed E-state index contributed by atoms with van der Waals surface area (Å²) in [4.78, 5) is 12.1. The Morgan fingerprint density at radius 1 is 1.29 bits per heavy atom. The van der Waals surface area contributed by atoms with Crippen molar-refractivity contribution in [3.8, 4) is 0 Å². The average Bonchev–Trinajstić information content (AvgIpc) is 2.44. The van der Waals surface area contributed by atoms with Gasteiger partial charge >= 0.3 is 0 Å². The lowest BCUT2D eigenvalue weighted by atomic mass is 9.92. The summed E-state index contributed by atoms with van der Waals surface area (Å²) in [6, 6.07) is 8.38. The lowest BCUT2D eigenvalue weighted by Gasteiger charge is -2.29. The number of para-hydroxylation sites is 1. The normalized spacial score (nSPS) is 23.6. The molecule has 1 aliphatic rings. The second-order valence-electron chi connectivity index (χ2n) is 6.14. The molecule has 1 saturated carbocycles. The van der Waals surface area contributed by atoms with Gasteiger partial charge in [0.1, 0.15) is 0 Å². The highest BCUT2D eigenvalue weighted by Crippen LogP contribution is 2.19. The van der Waals surface area contributed by atoms with E-state index in [1.54, 1.807) is 0 Å². The highest BCUT2D eigenvalue weighted by atomic mass is 16.3. The molecule has 0 spiro atoms. The van der Waals surface area contributed by atoms with E-state index in [2.05, 4.69) is 10.6 Å². The van der Waals surface area contributed by atoms with Gasteiger partial charge in [-0.1, -0.05) is 18.2 Å². The summed E-state index contributed by atoms with van der Waals surface area (Å²) in [7, 11) is 0. The van der Waals surface area contributed by atoms with Gasteiger partial charge in [-0.2, -0.15) is 0 Å². The number of benzene rings is 1. The third-order valence-corrected chi connectivity index (χ3v) is 4.13. The fraction of sp³-hybridized carbons (Fsp3) is 0.588.